The number of carbonyl (C=O) groups excluding carboxylic acids is 4. The van der Waals surface area contributed by atoms with Gasteiger partial charge in [-0.15, -0.1) is 0 Å². The third-order valence-corrected chi connectivity index (χ3v) is 13.5. The number of hydrogen-bond donors (Lipinski definition) is 3. The number of Topliss-reactive ketones (excluding diaryl/α,β-unsaturated/α-hetero) is 1. The molecule has 6 aliphatic rings. The van der Waals surface area contributed by atoms with Gasteiger partial charge in [0.05, 0.1) is 30.7 Å². The minimum Gasteiger partial charge on any atom is -1.00 e. The topological polar surface area (TPSA) is 166 Å². The average Bonchev–Trinajstić information content (AvgIpc) is 3.85. The SMILES string of the molecule is C1CCOC1.CC1(C)CCCC(CO)C1.CC1(C)CCCC(CO)C1.CCOC(=O)C1CCCC(=O)C1.CCOC(=O)C1CCCC(C)(C)C1.CO.COC1(C)CCCC(C=O)C1.[AlH3].[H-].[Li+]. The van der Waals surface area contributed by atoms with E-state index < -0.39 is 0 Å². The summed E-state index contributed by atoms with van der Waals surface area (Å²) in [7, 11) is 2.73. The zero-order chi connectivity index (χ0) is 48.0. The minimum absolute atomic E-state index is 0. The Morgan fingerprint density at radius 1 is 0.662 bits per heavy atom. The van der Waals surface area contributed by atoms with Gasteiger partial charge in [0, 0.05) is 59.4 Å². The molecule has 11 nitrogen and oxygen atoms in total. The molecule has 0 bridgehead atoms. The first-order chi connectivity index (χ1) is 29.8. The van der Waals surface area contributed by atoms with Crippen molar-refractivity contribution in [2.24, 2.45) is 45.8 Å². The van der Waals surface area contributed by atoms with Crippen LogP contribution in [0.2, 0.25) is 0 Å². The molecule has 1 saturated heterocycles. The van der Waals surface area contributed by atoms with Crippen LogP contribution in [-0.2, 0) is 38.1 Å². The smallest absolute Gasteiger partial charge is 1.00 e. The van der Waals surface area contributed by atoms with Crippen molar-refractivity contribution in [1.82, 2.24) is 0 Å². The summed E-state index contributed by atoms with van der Waals surface area (Å²) in [5.74, 6) is 1.40. The summed E-state index contributed by atoms with van der Waals surface area (Å²) in [6.07, 6.45) is 25.0. The summed E-state index contributed by atoms with van der Waals surface area (Å²) in [5.41, 5.74) is 1.27. The molecule has 0 spiro atoms. The molecule has 6 fully saturated rings. The van der Waals surface area contributed by atoms with E-state index in [1.54, 1.807) is 14.0 Å². The molecule has 3 N–H and O–H groups in total. The maximum atomic E-state index is 11.5. The normalized spacial score (nSPS) is 28.1. The summed E-state index contributed by atoms with van der Waals surface area (Å²) < 4.78 is 20.2. The van der Waals surface area contributed by atoms with Crippen LogP contribution in [0.5, 0.6) is 0 Å². The van der Waals surface area contributed by atoms with Crippen molar-refractivity contribution >= 4 is 41.4 Å². The van der Waals surface area contributed by atoms with Crippen LogP contribution in [0, 0.1) is 45.8 Å². The van der Waals surface area contributed by atoms with E-state index in [4.69, 9.17) is 34.3 Å². The van der Waals surface area contributed by atoms with Gasteiger partial charge >= 0.3 is 30.8 Å². The molecule has 6 rings (SSSR count). The van der Waals surface area contributed by atoms with Crippen molar-refractivity contribution < 1.29 is 73.7 Å². The van der Waals surface area contributed by atoms with Crippen LogP contribution in [0.25, 0.3) is 0 Å². The Bertz CT molecular complexity index is 1200. The quantitative estimate of drug-likeness (QED) is 0.137. The third kappa shape index (κ3) is 32.6. The zero-order valence-corrected chi connectivity index (χ0v) is 43.4. The molecule has 13 heteroatoms. The molecule has 0 radical (unpaired) electrons. The predicted octanol–water partition coefficient (Wildman–Crippen LogP) is 6.58. The number of ketones is 1. The zero-order valence-electron chi connectivity index (χ0n) is 44.4. The Balaban J connectivity index is -0.000000348. The Kier molecular flexibility index (Phi) is 40.1. The number of aliphatic hydroxyl groups is 3. The maximum Gasteiger partial charge on any atom is 1.00 e. The van der Waals surface area contributed by atoms with Gasteiger partial charge in [-0.1, -0.05) is 60.8 Å². The van der Waals surface area contributed by atoms with Crippen molar-refractivity contribution in [3.05, 3.63) is 0 Å². The molecule has 65 heavy (non-hydrogen) atoms. The maximum absolute atomic E-state index is 11.5. The van der Waals surface area contributed by atoms with Crippen LogP contribution in [0.15, 0.2) is 0 Å². The third-order valence-electron chi connectivity index (χ3n) is 13.5. The number of esters is 2. The van der Waals surface area contributed by atoms with E-state index in [-0.39, 0.29) is 78.7 Å². The average molecular weight is 937 g/mol. The van der Waals surface area contributed by atoms with Crippen molar-refractivity contribution in [1.29, 1.82) is 0 Å². The monoisotopic (exact) mass is 937 g/mol. The number of methoxy groups -OCH3 is 1. The first-order valence-corrected chi connectivity index (χ1v) is 24.9. The number of carbonyl (C=O) groups is 4. The second-order valence-corrected chi connectivity index (χ2v) is 21.4. The van der Waals surface area contributed by atoms with Crippen LogP contribution >= 0.6 is 0 Å². The van der Waals surface area contributed by atoms with Crippen molar-refractivity contribution in [3.8, 4) is 0 Å². The molecule has 1 heterocycles. The molecule has 6 unspecified atom stereocenters. The Hall–Kier alpha value is -0.790. The Morgan fingerprint density at radius 3 is 1.45 bits per heavy atom. The second-order valence-electron chi connectivity index (χ2n) is 21.4. The molecule has 5 aliphatic carbocycles. The van der Waals surface area contributed by atoms with Gasteiger partial charge in [0.2, 0.25) is 0 Å². The summed E-state index contributed by atoms with van der Waals surface area (Å²) in [4.78, 5) is 44.1. The van der Waals surface area contributed by atoms with Gasteiger partial charge in [-0.05, 0) is 158 Å². The van der Waals surface area contributed by atoms with Crippen molar-refractivity contribution in [2.75, 3.05) is 53.9 Å². The molecule has 6 atom stereocenters. The van der Waals surface area contributed by atoms with Gasteiger partial charge in [0.15, 0.2) is 17.4 Å². The molecule has 0 aromatic carbocycles. The van der Waals surface area contributed by atoms with Crippen molar-refractivity contribution in [2.45, 2.75) is 209 Å². The molecule has 0 aromatic rings. The van der Waals surface area contributed by atoms with Gasteiger partial charge in [-0.2, -0.15) is 0 Å². The summed E-state index contributed by atoms with van der Waals surface area (Å²) in [6, 6.07) is 0. The summed E-state index contributed by atoms with van der Waals surface area (Å²) >= 11 is 0. The largest absolute Gasteiger partial charge is 1.00 e. The number of ether oxygens (including phenoxy) is 4. The fourth-order valence-corrected chi connectivity index (χ4v) is 9.98. The van der Waals surface area contributed by atoms with Gasteiger partial charge in [0.25, 0.3) is 0 Å². The van der Waals surface area contributed by atoms with Crippen LogP contribution in [0.4, 0.5) is 0 Å². The van der Waals surface area contributed by atoms with E-state index in [1.165, 1.54) is 70.6 Å². The molecule has 0 amide bonds. The van der Waals surface area contributed by atoms with E-state index in [1.807, 2.05) is 6.92 Å². The molecule has 0 aromatic heterocycles. The molecule has 5 saturated carbocycles. The molecule has 1 aliphatic heterocycles. The number of hydrogen-bond acceptors (Lipinski definition) is 11. The predicted molar refractivity (Wildman–Crippen MR) is 264 cm³/mol. The fourth-order valence-electron chi connectivity index (χ4n) is 9.98. The fraction of sp³-hybridized carbons (Fsp3) is 0.923. The van der Waals surface area contributed by atoms with Gasteiger partial charge < -0.3 is 40.5 Å². The summed E-state index contributed by atoms with van der Waals surface area (Å²) in [5, 5.41) is 24.8. The van der Waals surface area contributed by atoms with Crippen LogP contribution < -0.4 is 18.9 Å². The number of rotatable bonds is 8. The van der Waals surface area contributed by atoms with E-state index in [2.05, 4.69) is 48.5 Å². The standard InChI is InChI=1S/C11H20O2.C9H14O3.C9H16O2.2C9H18O.C4H8O.CH4O.Al.Li.4H/c1-4-13-10(12)9-6-5-7-11(2,3)8-9;1-2-12-9(11)7-4-3-5-8(10)6-7;1-9(11-2)5-3-4-8(6-9)7-10;2*1-9(2)5-3-4-8(6-9)7-10;1-2-4-5-3-1;1-2;;;;;;/h9H,4-8H2,1-3H3;7H,2-6H2,1H3;7-8H,3-6H2,1-2H3;2*8,10H,3-7H2,1-2H3;1-4H2;2H,1H3;;;;;;/q;;;;;;;;+1;;;;-1. The Labute approximate surface area is 421 Å². The minimum atomic E-state index is -0.203. The molecular weight excluding hydrogens is 834 g/mol. The van der Waals surface area contributed by atoms with E-state index in [0.29, 0.717) is 67.3 Å². The van der Waals surface area contributed by atoms with Gasteiger partial charge in [-0.3, -0.25) is 14.4 Å². The first kappa shape index (κ1) is 68.5. The van der Waals surface area contributed by atoms with E-state index >= 15 is 0 Å². The van der Waals surface area contributed by atoms with Gasteiger partial charge in [-0.25, -0.2) is 0 Å². The summed E-state index contributed by atoms with van der Waals surface area (Å²) in [6.45, 7) is 23.1. The van der Waals surface area contributed by atoms with E-state index in [0.717, 1.165) is 84.4 Å². The van der Waals surface area contributed by atoms with Gasteiger partial charge in [0.1, 0.15) is 12.1 Å². The van der Waals surface area contributed by atoms with E-state index in [9.17, 15) is 19.2 Å². The van der Waals surface area contributed by atoms with Crippen LogP contribution in [-0.4, -0.2) is 116 Å². The van der Waals surface area contributed by atoms with Crippen LogP contribution in [0.1, 0.15) is 205 Å². The number of aliphatic hydroxyl groups excluding tert-OH is 3. The first-order valence-electron chi connectivity index (χ1n) is 24.9. The van der Waals surface area contributed by atoms with Crippen molar-refractivity contribution in [3.63, 3.8) is 0 Å². The number of aldehydes is 1. The second kappa shape index (κ2) is 38.0. The molecule has 380 valence electrons. The molecular formula is C52H102AlLiO11. The van der Waals surface area contributed by atoms with Crippen LogP contribution in [0.3, 0.4) is 0 Å². The Morgan fingerprint density at radius 2 is 1.09 bits per heavy atom.